The summed E-state index contributed by atoms with van der Waals surface area (Å²) in [6, 6.07) is 15.0. The van der Waals surface area contributed by atoms with Crippen molar-refractivity contribution >= 4 is 23.5 Å². The summed E-state index contributed by atoms with van der Waals surface area (Å²) in [6.07, 6.45) is -3.07. The zero-order valence-corrected chi connectivity index (χ0v) is 30.7. The number of carboxylic acids is 1. The van der Waals surface area contributed by atoms with Crippen LogP contribution in [-0.4, -0.2) is 59.8 Å². The molecular weight excluding hydrogens is 727 g/mol. The Balaban J connectivity index is 1.25. The molecule has 11 nitrogen and oxygen atoms in total. The number of nitrogens with zero attached hydrogens (tertiary/aromatic N) is 2. The minimum atomic E-state index is -4.81. The zero-order chi connectivity index (χ0) is 38.6. The summed E-state index contributed by atoms with van der Waals surface area (Å²) in [7, 11) is 2.83. The maximum Gasteiger partial charge on any atom is 0.421 e. The lowest BCUT2D eigenvalue weighted by Crippen LogP contribution is -2.35. The van der Waals surface area contributed by atoms with Crippen molar-refractivity contribution in [2.45, 2.75) is 76.5 Å². The Bertz CT molecular complexity index is 2030. The molecule has 2 aromatic heterocycles. The number of carbonyl (C=O) groups is 2. The highest BCUT2D eigenvalue weighted by Gasteiger charge is 2.39. The quantitative estimate of drug-likeness (QED) is 0.101. The molecule has 54 heavy (non-hydrogen) atoms. The van der Waals surface area contributed by atoms with Crippen LogP contribution >= 0.6 is 11.6 Å². The van der Waals surface area contributed by atoms with Crippen molar-refractivity contribution in [1.82, 2.24) is 25.9 Å². The standard InChI is InChI=1S/C39H41ClF3N5O6/c1-4-30(38(50)51)45-19-22-17-29(39(41,42)43)37(48-36(22)53-3)54-32-15-13-25-24(7-5-8-26(25)32)27-9-6-10-28(34(27)40)31-14-11-21(35(47-31)52-2)18-44-20-23-12-16-33(49)46-23/h5-11,14,17,23,30,32,44-45H,4,12-13,15-16,18-20H2,1-3H3,(H,46,49)(H,50,51)/t23-,30-,32-/m0/s1. The van der Waals surface area contributed by atoms with Gasteiger partial charge in [-0.1, -0.05) is 61.0 Å². The maximum atomic E-state index is 14.4. The third-order valence-electron chi connectivity index (χ3n) is 9.73. The number of amides is 1. The number of hydrogen-bond acceptors (Lipinski definition) is 9. The number of rotatable bonds is 15. The van der Waals surface area contributed by atoms with Crippen molar-refractivity contribution in [2.24, 2.45) is 0 Å². The van der Waals surface area contributed by atoms with Gasteiger partial charge in [-0.25, -0.2) is 4.98 Å². The molecule has 15 heteroatoms. The van der Waals surface area contributed by atoms with E-state index < -0.39 is 35.7 Å². The summed E-state index contributed by atoms with van der Waals surface area (Å²) in [6.45, 7) is 2.58. The normalized spacial score (nSPS) is 17.2. The summed E-state index contributed by atoms with van der Waals surface area (Å²) in [5.74, 6) is -1.34. The number of alkyl halides is 3. The molecule has 4 aromatic rings. The van der Waals surface area contributed by atoms with E-state index in [1.165, 1.54) is 7.11 Å². The maximum absolute atomic E-state index is 14.4. The highest BCUT2D eigenvalue weighted by molar-refractivity contribution is 6.36. The second kappa shape index (κ2) is 16.6. The van der Waals surface area contributed by atoms with Gasteiger partial charge in [0, 0.05) is 54.4 Å². The number of ether oxygens (including phenoxy) is 3. The van der Waals surface area contributed by atoms with E-state index in [9.17, 15) is 27.9 Å². The first-order valence-electron chi connectivity index (χ1n) is 17.6. The van der Waals surface area contributed by atoms with Gasteiger partial charge in [-0.05, 0) is 54.5 Å². The molecule has 1 aliphatic heterocycles. The Labute approximate surface area is 315 Å². The lowest BCUT2D eigenvalue weighted by Gasteiger charge is -2.21. The fourth-order valence-corrected chi connectivity index (χ4v) is 7.29. The number of carboxylic acid groups (broad SMARTS) is 1. The Morgan fingerprint density at radius 2 is 1.69 bits per heavy atom. The summed E-state index contributed by atoms with van der Waals surface area (Å²) < 4.78 is 60.2. The summed E-state index contributed by atoms with van der Waals surface area (Å²) >= 11 is 7.09. The average Bonchev–Trinajstić information content (AvgIpc) is 3.77. The second-order valence-corrected chi connectivity index (χ2v) is 13.5. The number of nitrogens with one attached hydrogen (secondary N) is 3. The van der Waals surface area contributed by atoms with Crippen LogP contribution in [0.1, 0.15) is 66.5 Å². The molecule has 4 N–H and O–H groups in total. The van der Waals surface area contributed by atoms with Crippen molar-refractivity contribution in [3.8, 4) is 40.0 Å². The Kier molecular flexibility index (Phi) is 11.9. The van der Waals surface area contributed by atoms with Crippen molar-refractivity contribution in [2.75, 3.05) is 20.8 Å². The van der Waals surface area contributed by atoms with Crippen molar-refractivity contribution in [3.05, 3.63) is 87.4 Å². The number of benzene rings is 2. The Morgan fingerprint density at radius 3 is 2.37 bits per heavy atom. The van der Waals surface area contributed by atoms with Crippen molar-refractivity contribution in [1.29, 1.82) is 0 Å². The van der Waals surface area contributed by atoms with Crippen LogP contribution < -0.4 is 30.2 Å². The molecule has 2 aliphatic rings. The number of aromatic nitrogens is 2. The van der Waals surface area contributed by atoms with Crippen LogP contribution in [0.25, 0.3) is 22.4 Å². The highest BCUT2D eigenvalue weighted by atomic mass is 35.5. The number of carbonyl (C=O) groups excluding carboxylic acids is 1. The predicted octanol–water partition coefficient (Wildman–Crippen LogP) is 6.89. The predicted molar refractivity (Wildman–Crippen MR) is 196 cm³/mol. The average molecular weight is 768 g/mol. The van der Waals surface area contributed by atoms with Gasteiger partial charge < -0.3 is 35.3 Å². The minimum absolute atomic E-state index is 0.0505. The van der Waals surface area contributed by atoms with Gasteiger partial charge in [0.25, 0.3) is 0 Å². The molecule has 286 valence electrons. The molecule has 1 aliphatic carbocycles. The summed E-state index contributed by atoms with van der Waals surface area (Å²) in [5.41, 5.74) is 4.26. The second-order valence-electron chi connectivity index (χ2n) is 13.2. The number of halogens is 4. The first-order valence-corrected chi connectivity index (χ1v) is 18.0. The van der Waals surface area contributed by atoms with Crippen LogP contribution in [0.5, 0.6) is 17.6 Å². The first-order chi connectivity index (χ1) is 25.9. The lowest BCUT2D eigenvalue weighted by molar-refractivity contribution is -0.140. The fraction of sp³-hybridized carbons (Fsp3) is 0.385. The monoisotopic (exact) mass is 767 g/mol. The SMILES string of the molecule is CC[C@H](NCc1cc(C(F)(F)F)c(O[C@H]2CCc3c(-c4cccc(-c5ccc(CNC[C@@H]6CCC(=O)N6)c(OC)n5)c4Cl)cccc32)nc1OC)C(=O)O. The van der Waals surface area contributed by atoms with Crippen LogP contribution in [-0.2, 0) is 35.3 Å². The van der Waals surface area contributed by atoms with E-state index in [4.69, 9.17) is 30.8 Å². The molecule has 3 atom stereocenters. The molecule has 0 spiro atoms. The van der Waals surface area contributed by atoms with Gasteiger partial charge in [0.2, 0.25) is 23.5 Å². The first kappa shape index (κ1) is 38.8. The van der Waals surface area contributed by atoms with E-state index in [-0.39, 0.29) is 36.4 Å². The molecule has 0 unspecified atom stereocenters. The van der Waals surface area contributed by atoms with Gasteiger partial charge in [-0.15, -0.1) is 0 Å². The van der Waals surface area contributed by atoms with Crippen LogP contribution in [0, 0.1) is 0 Å². The Morgan fingerprint density at radius 1 is 0.963 bits per heavy atom. The van der Waals surface area contributed by atoms with E-state index in [2.05, 4.69) is 20.9 Å². The fourth-order valence-electron chi connectivity index (χ4n) is 6.96. The Hall–Kier alpha value is -4.92. The topological polar surface area (TPSA) is 144 Å². The minimum Gasteiger partial charge on any atom is -0.481 e. The van der Waals surface area contributed by atoms with Gasteiger partial charge in [-0.2, -0.15) is 18.2 Å². The molecule has 2 aromatic carbocycles. The number of methoxy groups -OCH3 is 2. The van der Waals surface area contributed by atoms with E-state index in [1.807, 2.05) is 48.5 Å². The van der Waals surface area contributed by atoms with Crippen LogP contribution in [0.4, 0.5) is 13.2 Å². The van der Waals surface area contributed by atoms with Crippen LogP contribution in [0.15, 0.2) is 54.6 Å². The van der Waals surface area contributed by atoms with Crippen molar-refractivity contribution in [3.63, 3.8) is 0 Å². The molecule has 1 saturated heterocycles. The molecule has 3 heterocycles. The highest BCUT2D eigenvalue weighted by Crippen LogP contribution is 2.46. The lowest BCUT2D eigenvalue weighted by atomic mass is 9.94. The third-order valence-corrected chi connectivity index (χ3v) is 10.1. The van der Waals surface area contributed by atoms with Gasteiger partial charge in [-0.3, -0.25) is 9.59 Å². The van der Waals surface area contributed by atoms with E-state index in [0.717, 1.165) is 40.3 Å². The number of pyridine rings is 2. The van der Waals surface area contributed by atoms with Crippen LogP contribution in [0.3, 0.4) is 0 Å². The van der Waals surface area contributed by atoms with Gasteiger partial charge >= 0.3 is 12.1 Å². The number of aliphatic carboxylic acids is 1. The smallest absolute Gasteiger partial charge is 0.421 e. The summed E-state index contributed by atoms with van der Waals surface area (Å²) in [4.78, 5) is 31.9. The zero-order valence-electron chi connectivity index (χ0n) is 30.0. The van der Waals surface area contributed by atoms with Crippen molar-refractivity contribution < 1.29 is 42.1 Å². The molecule has 0 radical (unpaired) electrons. The van der Waals surface area contributed by atoms with E-state index in [0.29, 0.717) is 54.5 Å². The molecular formula is C39H41ClF3N5O6. The van der Waals surface area contributed by atoms with Crippen LogP contribution in [0.2, 0.25) is 5.02 Å². The molecule has 1 amide bonds. The number of fused-ring (bicyclic) bond motifs is 1. The van der Waals surface area contributed by atoms with E-state index >= 15 is 0 Å². The van der Waals surface area contributed by atoms with Gasteiger partial charge in [0.05, 0.1) is 24.9 Å². The molecule has 0 bridgehead atoms. The van der Waals surface area contributed by atoms with Gasteiger partial charge in [0.15, 0.2) is 0 Å². The molecule has 1 fully saturated rings. The number of hydrogen-bond donors (Lipinski definition) is 4. The summed E-state index contributed by atoms with van der Waals surface area (Å²) in [5, 5.41) is 18.9. The van der Waals surface area contributed by atoms with E-state index in [1.54, 1.807) is 14.0 Å². The largest absolute Gasteiger partial charge is 0.481 e. The molecule has 0 saturated carbocycles. The third kappa shape index (κ3) is 8.40. The molecule has 6 rings (SSSR count). The van der Waals surface area contributed by atoms with Gasteiger partial charge in [0.1, 0.15) is 17.7 Å².